The largest absolute Gasteiger partial charge is 0.309 e. The predicted molar refractivity (Wildman–Crippen MR) is 309 cm³/mol. The summed E-state index contributed by atoms with van der Waals surface area (Å²) in [4.78, 5) is 15.8. The van der Waals surface area contributed by atoms with Gasteiger partial charge < -0.3 is 9.13 Å². The highest BCUT2D eigenvalue weighted by Crippen LogP contribution is 2.50. The van der Waals surface area contributed by atoms with Crippen LogP contribution < -0.4 is 0 Å². The minimum absolute atomic E-state index is 0.602. The van der Waals surface area contributed by atoms with Gasteiger partial charge in [0.15, 0.2) is 17.5 Å². The van der Waals surface area contributed by atoms with Crippen LogP contribution in [0, 0.1) is 0 Å². The van der Waals surface area contributed by atoms with E-state index >= 15 is 0 Å². The Balaban J connectivity index is 0.966. The maximum Gasteiger partial charge on any atom is 0.164 e. The van der Waals surface area contributed by atoms with Crippen LogP contribution in [0.15, 0.2) is 261 Å². The average Bonchev–Trinajstić information content (AvgIpc) is 4.31. The maximum atomic E-state index is 5.35. The van der Waals surface area contributed by atoms with E-state index in [1.807, 2.05) is 24.3 Å². The molecule has 0 radical (unpaired) electrons. The Labute approximate surface area is 434 Å². The fourth-order valence-electron chi connectivity index (χ4n) is 11.9. The Bertz CT molecular complexity index is 4440. The van der Waals surface area contributed by atoms with E-state index in [1.165, 1.54) is 66.0 Å². The molecule has 0 fully saturated rings. The number of rotatable bonds is 8. The normalized spacial score (nSPS) is 11.9. The minimum atomic E-state index is 0.602. The summed E-state index contributed by atoms with van der Waals surface area (Å²) in [5.41, 5.74) is 21.8. The molecule has 350 valence electrons. The summed E-state index contributed by atoms with van der Waals surface area (Å²) in [6, 6.07) is 93.5. The highest BCUT2D eigenvalue weighted by molar-refractivity contribution is 6.18. The molecule has 0 saturated carbocycles. The number of hydrogen-bond donors (Lipinski definition) is 0. The first kappa shape index (κ1) is 42.7. The van der Waals surface area contributed by atoms with Crippen LogP contribution in [0.25, 0.3) is 134 Å². The molecule has 5 nitrogen and oxygen atoms in total. The molecule has 3 heterocycles. The van der Waals surface area contributed by atoms with Crippen molar-refractivity contribution in [1.82, 2.24) is 24.1 Å². The van der Waals surface area contributed by atoms with Gasteiger partial charge in [0.1, 0.15) is 0 Å². The van der Waals surface area contributed by atoms with E-state index in [9.17, 15) is 0 Å². The van der Waals surface area contributed by atoms with Gasteiger partial charge in [-0.05, 0) is 93.0 Å². The molecule has 14 aromatic rings. The number of fused-ring (bicyclic) bond motifs is 11. The molecule has 0 atom stereocenters. The van der Waals surface area contributed by atoms with Gasteiger partial charge in [0, 0.05) is 61.5 Å². The van der Waals surface area contributed by atoms with Crippen molar-refractivity contribution in [3.05, 3.63) is 272 Å². The molecule has 0 saturated heterocycles. The van der Waals surface area contributed by atoms with E-state index in [4.69, 9.17) is 15.0 Å². The van der Waals surface area contributed by atoms with Gasteiger partial charge in [-0.3, -0.25) is 0 Å². The summed E-state index contributed by atoms with van der Waals surface area (Å²) in [6.07, 6.45) is 0.826. The molecular formula is C70H45N5. The second kappa shape index (κ2) is 17.4. The van der Waals surface area contributed by atoms with Gasteiger partial charge in [0.05, 0.1) is 27.8 Å². The summed E-state index contributed by atoms with van der Waals surface area (Å²) in [5.74, 6) is 1.84. The molecule has 0 bridgehead atoms. The quantitative estimate of drug-likeness (QED) is 0.152. The first-order valence-corrected chi connectivity index (χ1v) is 25.6. The Morgan fingerprint density at radius 1 is 0.267 bits per heavy atom. The maximum absolute atomic E-state index is 5.35. The van der Waals surface area contributed by atoms with E-state index in [2.05, 4.69) is 246 Å². The van der Waals surface area contributed by atoms with Crippen LogP contribution in [0.1, 0.15) is 11.1 Å². The van der Waals surface area contributed by atoms with Gasteiger partial charge in [-0.25, -0.2) is 15.0 Å². The molecule has 1 aliphatic carbocycles. The van der Waals surface area contributed by atoms with Crippen LogP contribution in [0.2, 0.25) is 0 Å². The molecule has 0 aliphatic heterocycles. The van der Waals surface area contributed by atoms with Crippen molar-refractivity contribution in [3.63, 3.8) is 0 Å². The molecular weight excluding hydrogens is 911 g/mol. The Morgan fingerprint density at radius 2 is 0.640 bits per heavy atom. The van der Waals surface area contributed by atoms with E-state index in [1.54, 1.807) is 0 Å². The monoisotopic (exact) mass is 955 g/mol. The Hall–Kier alpha value is -9.97. The Kier molecular flexibility index (Phi) is 9.88. The van der Waals surface area contributed by atoms with Crippen molar-refractivity contribution in [3.8, 4) is 90.0 Å². The fourth-order valence-corrected chi connectivity index (χ4v) is 11.9. The standard InChI is InChI=1S/C70H45N5/c1-6-20-45(21-7-1)46-34-36-50(37-35-46)69-71-68(49-26-12-4-13-27-49)72-70(73-69)51-42-57(47-22-8-2-9-23-47)67(58(43-51)48-24-10-3-11-25-48)75-62-33-19-17-31-56(62)66-60-44-59-53(54(60)39-41-64(66)75)38-40-63-65(59)55-30-16-18-32-61(55)74(63)52-28-14-5-15-29-52/h1-43H,44H2. The van der Waals surface area contributed by atoms with Gasteiger partial charge in [-0.1, -0.05) is 212 Å². The zero-order valence-electron chi connectivity index (χ0n) is 40.8. The number of aromatic nitrogens is 5. The Morgan fingerprint density at radius 3 is 1.16 bits per heavy atom. The van der Waals surface area contributed by atoms with Crippen LogP contribution in [0.3, 0.4) is 0 Å². The van der Waals surface area contributed by atoms with E-state index < -0.39 is 0 Å². The van der Waals surface area contributed by atoms with Gasteiger partial charge in [0.2, 0.25) is 0 Å². The molecule has 0 amide bonds. The van der Waals surface area contributed by atoms with Crippen molar-refractivity contribution in [2.75, 3.05) is 0 Å². The third-order valence-electron chi connectivity index (χ3n) is 15.2. The molecule has 15 rings (SSSR count). The zero-order chi connectivity index (χ0) is 49.4. The molecule has 3 aromatic heterocycles. The van der Waals surface area contributed by atoms with Gasteiger partial charge in [0.25, 0.3) is 0 Å². The van der Waals surface area contributed by atoms with Crippen LogP contribution in [0.4, 0.5) is 0 Å². The molecule has 11 aromatic carbocycles. The summed E-state index contributed by atoms with van der Waals surface area (Å²) in [6.45, 7) is 0. The van der Waals surface area contributed by atoms with Crippen molar-refractivity contribution in [1.29, 1.82) is 0 Å². The molecule has 75 heavy (non-hydrogen) atoms. The predicted octanol–water partition coefficient (Wildman–Crippen LogP) is 17.6. The minimum Gasteiger partial charge on any atom is -0.309 e. The lowest BCUT2D eigenvalue weighted by Crippen LogP contribution is -2.04. The second-order valence-corrected chi connectivity index (χ2v) is 19.5. The average molecular weight is 956 g/mol. The highest BCUT2D eigenvalue weighted by atomic mass is 15.0. The van der Waals surface area contributed by atoms with Crippen LogP contribution >= 0.6 is 0 Å². The summed E-state index contributed by atoms with van der Waals surface area (Å²) in [7, 11) is 0. The smallest absolute Gasteiger partial charge is 0.164 e. The lowest BCUT2D eigenvalue weighted by Gasteiger charge is -2.21. The van der Waals surface area contributed by atoms with Crippen molar-refractivity contribution in [2.45, 2.75) is 6.42 Å². The zero-order valence-corrected chi connectivity index (χ0v) is 40.8. The lowest BCUT2D eigenvalue weighted by molar-refractivity contribution is 1.07. The number of hydrogen-bond acceptors (Lipinski definition) is 3. The lowest BCUT2D eigenvalue weighted by atomic mass is 9.92. The number of nitrogens with zero attached hydrogens (tertiary/aromatic N) is 5. The summed E-state index contributed by atoms with van der Waals surface area (Å²) < 4.78 is 4.96. The number of para-hydroxylation sites is 3. The SMILES string of the molecule is c1ccc(-c2ccc(-c3nc(-c4ccccc4)nc(-c4cc(-c5ccccc5)c(-n5c6ccccc6c6c7c(ccc65)-c5ccc6c(c5C7)c5ccccc5n6-c5ccccc5)c(-c5ccccc5)c4)n3)cc2)cc1. The third-order valence-corrected chi connectivity index (χ3v) is 15.2. The number of benzene rings is 11. The van der Waals surface area contributed by atoms with Gasteiger partial charge in [-0.15, -0.1) is 0 Å². The fraction of sp³-hybridized carbons (Fsp3) is 0.0143. The van der Waals surface area contributed by atoms with Crippen LogP contribution in [-0.4, -0.2) is 24.1 Å². The topological polar surface area (TPSA) is 48.5 Å². The first-order chi connectivity index (χ1) is 37.2. The van der Waals surface area contributed by atoms with Crippen LogP contribution in [-0.2, 0) is 6.42 Å². The molecule has 1 aliphatic rings. The van der Waals surface area contributed by atoms with E-state index in [0.717, 1.165) is 67.7 Å². The first-order valence-electron chi connectivity index (χ1n) is 25.6. The molecule has 0 unspecified atom stereocenters. The van der Waals surface area contributed by atoms with Crippen molar-refractivity contribution < 1.29 is 0 Å². The van der Waals surface area contributed by atoms with Crippen molar-refractivity contribution >= 4 is 43.6 Å². The summed E-state index contributed by atoms with van der Waals surface area (Å²) in [5, 5.41) is 5.13. The third kappa shape index (κ3) is 6.97. The van der Waals surface area contributed by atoms with Gasteiger partial charge >= 0.3 is 0 Å². The van der Waals surface area contributed by atoms with Crippen molar-refractivity contribution in [2.24, 2.45) is 0 Å². The van der Waals surface area contributed by atoms with Gasteiger partial charge in [-0.2, -0.15) is 0 Å². The summed E-state index contributed by atoms with van der Waals surface area (Å²) >= 11 is 0. The molecule has 5 heteroatoms. The van der Waals surface area contributed by atoms with E-state index in [-0.39, 0.29) is 0 Å². The van der Waals surface area contributed by atoms with Crippen LogP contribution in [0.5, 0.6) is 0 Å². The second-order valence-electron chi connectivity index (χ2n) is 19.5. The molecule has 0 N–H and O–H groups in total. The highest BCUT2D eigenvalue weighted by Gasteiger charge is 2.30. The molecule has 0 spiro atoms. The van der Waals surface area contributed by atoms with E-state index in [0.29, 0.717) is 17.5 Å².